The van der Waals surface area contributed by atoms with Crippen molar-refractivity contribution in [2.45, 2.75) is 20.3 Å². The van der Waals surface area contributed by atoms with Crippen LogP contribution < -0.4 is 5.32 Å². The molecule has 1 heterocycles. The summed E-state index contributed by atoms with van der Waals surface area (Å²) >= 11 is 0. The summed E-state index contributed by atoms with van der Waals surface area (Å²) in [6, 6.07) is 0. The van der Waals surface area contributed by atoms with Crippen LogP contribution in [0.3, 0.4) is 0 Å². The molecule has 0 atom stereocenters. The summed E-state index contributed by atoms with van der Waals surface area (Å²) in [4.78, 5) is 21.6. The molecule has 1 aliphatic heterocycles. The highest BCUT2D eigenvalue weighted by atomic mass is 16.2. The highest BCUT2D eigenvalue weighted by molar-refractivity contribution is 6.14. The van der Waals surface area contributed by atoms with E-state index < -0.39 is 0 Å². The fourth-order valence-electron chi connectivity index (χ4n) is 0.973. The molecule has 1 aliphatic rings. The molecule has 1 amide bonds. The number of rotatable bonds is 1. The molecule has 1 rings (SSSR count). The minimum absolute atomic E-state index is 0.0125. The van der Waals surface area contributed by atoms with Gasteiger partial charge in [-0.25, -0.2) is 0 Å². The van der Waals surface area contributed by atoms with Gasteiger partial charge in [0.15, 0.2) is 5.78 Å². The summed E-state index contributed by atoms with van der Waals surface area (Å²) in [6.45, 7) is 3.93. The highest BCUT2D eigenvalue weighted by Gasteiger charge is 2.23. The number of hydrogen-bond acceptors (Lipinski definition) is 2. The molecule has 3 heteroatoms. The standard InChI is InChI=1S/C8H11NO2/c1-5(2)3-6-7(10)4-8(11)9-6/h3,5H,4H2,1-2H3,(H,9,11)/b6-3+. The van der Waals surface area contributed by atoms with Gasteiger partial charge in [0.25, 0.3) is 0 Å². The Balaban J connectivity index is 2.75. The summed E-state index contributed by atoms with van der Waals surface area (Å²) in [5.74, 6) is 0.0120. The van der Waals surface area contributed by atoms with Crippen LogP contribution in [0.1, 0.15) is 20.3 Å². The molecule has 0 aromatic rings. The predicted molar refractivity (Wildman–Crippen MR) is 40.7 cm³/mol. The summed E-state index contributed by atoms with van der Waals surface area (Å²) < 4.78 is 0. The molecule has 0 aliphatic carbocycles. The van der Waals surface area contributed by atoms with Crippen LogP contribution in [0.15, 0.2) is 11.8 Å². The third kappa shape index (κ3) is 1.90. The molecule has 60 valence electrons. The van der Waals surface area contributed by atoms with Gasteiger partial charge < -0.3 is 5.32 Å². The molecular formula is C8H11NO2. The van der Waals surface area contributed by atoms with Gasteiger partial charge in [-0.15, -0.1) is 0 Å². The first-order valence-corrected chi connectivity index (χ1v) is 3.64. The van der Waals surface area contributed by atoms with Gasteiger partial charge in [0.2, 0.25) is 5.91 Å². The lowest BCUT2D eigenvalue weighted by Gasteiger charge is -1.97. The third-order valence-corrected chi connectivity index (χ3v) is 1.40. The van der Waals surface area contributed by atoms with Crippen molar-refractivity contribution in [3.05, 3.63) is 11.8 Å². The Kier molecular flexibility index (Phi) is 2.08. The number of Topliss-reactive ketones (excluding diaryl/α,β-unsaturated/α-hetero) is 1. The molecule has 1 saturated heterocycles. The molecular weight excluding hydrogens is 142 g/mol. The molecule has 0 aromatic carbocycles. The normalized spacial score (nSPS) is 21.5. The number of allylic oxidation sites excluding steroid dienone is 2. The zero-order valence-corrected chi connectivity index (χ0v) is 6.68. The van der Waals surface area contributed by atoms with E-state index in [1.165, 1.54) is 0 Å². The quantitative estimate of drug-likeness (QED) is 0.443. The van der Waals surface area contributed by atoms with Crippen molar-refractivity contribution in [3.63, 3.8) is 0 Å². The number of ketones is 1. The van der Waals surface area contributed by atoms with Gasteiger partial charge in [-0.3, -0.25) is 9.59 Å². The van der Waals surface area contributed by atoms with Gasteiger partial charge in [-0.05, 0) is 5.92 Å². The van der Waals surface area contributed by atoms with Crippen LogP contribution in [0.4, 0.5) is 0 Å². The molecule has 3 nitrogen and oxygen atoms in total. The number of amides is 1. The lowest BCUT2D eigenvalue weighted by atomic mass is 10.1. The van der Waals surface area contributed by atoms with E-state index in [0.29, 0.717) is 11.6 Å². The van der Waals surface area contributed by atoms with Crippen LogP contribution in [-0.2, 0) is 9.59 Å². The van der Waals surface area contributed by atoms with Gasteiger partial charge in [0, 0.05) is 0 Å². The van der Waals surface area contributed by atoms with E-state index in [1.807, 2.05) is 13.8 Å². The van der Waals surface area contributed by atoms with E-state index in [1.54, 1.807) is 6.08 Å². The second-order valence-corrected chi connectivity index (χ2v) is 2.97. The van der Waals surface area contributed by atoms with Crippen LogP contribution in [0.2, 0.25) is 0 Å². The van der Waals surface area contributed by atoms with E-state index in [0.717, 1.165) is 0 Å². The van der Waals surface area contributed by atoms with Gasteiger partial charge in [-0.1, -0.05) is 19.9 Å². The van der Waals surface area contributed by atoms with Crippen LogP contribution in [0.5, 0.6) is 0 Å². The maximum absolute atomic E-state index is 11.0. The smallest absolute Gasteiger partial charge is 0.232 e. The Morgan fingerprint density at radius 1 is 1.45 bits per heavy atom. The minimum atomic E-state index is -0.193. The Bertz CT molecular complexity index is 228. The van der Waals surface area contributed by atoms with Crippen LogP contribution in [0.25, 0.3) is 0 Å². The largest absolute Gasteiger partial charge is 0.323 e. The molecule has 1 fully saturated rings. The van der Waals surface area contributed by atoms with Crippen molar-refractivity contribution >= 4 is 11.7 Å². The van der Waals surface area contributed by atoms with Crippen molar-refractivity contribution in [3.8, 4) is 0 Å². The SMILES string of the molecule is CC(C)/C=C1/NC(=O)CC1=O. The second kappa shape index (κ2) is 2.86. The molecule has 0 radical (unpaired) electrons. The first-order chi connectivity index (χ1) is 5.09. The van der Waals surface area contributed by atoms with Crippen molar-refractivity contribution in [2.75, 3.05) is 0 Å². The van der Waals surface area contributed by atoms with Crippen LogP contribution >= 0.6 is 0 Å². The molecule has 0 unspecified atom stereocenters. The Hall–Kier alpha value is -1.12. The molecule has 1 N–H and O–H groups in total. The highest BCUT2D eigenvalue weighted by Crippen LogP contribution is 2.08. The number of hydrogen-bond donors (Lipinski definition) is 1. The Labute approximate surface area is 65.5 Å². The van der Waals surface area contributed by atoms with Crippen LogP contribution in [0, 0.1) is 5.92 Å². The lowest BCUT2D eigenvalue weighted by molar-refractivity contribution is -0.121. The van der Waals surface area contributed by atoms with Crippen molar-refractivity contribution in [1.82, 2.24) is 5.32 Å². The fourth-order valence-corrected chi connectivity index (χ4v) is 0.973. The van der Waals surface area contributed by atoms with E-state index in [9.17, 15) is 9.59 Å². The van der Waals surface area contributed by atoms with E-state index in [-0.39, 0.29) is 18.1 Å². The summed E-state index contributed by atoms with van der Waals surface area (Å²) in [5.41, 5.74) is 0.463. The first kappa shape index (κ1) is 7.98. The van der Waals surface area contributed by atoms with Crippen LogP contribution in [-0.4, -0.2) is 11.7 Å². The summed E-state index contributed by atoms with van der Waals surface area (Å²) in [6.07, 6.45) is 1.78. The van der Waals surface area contributed by atoms with Crippen molar-refractivity contribution < 1.29 is 9.59 Å². The molecule has 11 heavy (non-hydrogen) atoms. The molecule has 0 saturated carbocycles. The van der Waals surface area contributed by atoms with E-state index >= 15 is 0 Å². The third-order valence-electron chi connectivity index (χ3n) is 1.40. The zero-order valence-electron chi connectivity index (χ0n) is 6.68. The second-order valence-electron chi connectivity index (χ2n) is 2.97. The average Bonchev–Trinajstić information content (AvgIpc) is 2.09. The van der Waals surface area contributed by atoms with Gasteiger partial charge in [0.05, 0.1) is 12.1 Å². The topological polar surface area (TPSA) is 46.2 Å². The van der Waals surface area contributed by atoms with Gasteiger partial charge in [-0.2, -0.15) is 0 Å². The molecule has 0 aromatic heterocycles. The summed E-state index contributed by atoms with van der Waals surface area (Å²) in [5, 5.41) is 2.51. The molecule has 0 bridgehead atoms. The number of nitrogens with one attached hydrogen (secondary N) is 1. The Morgan fingerprint density at radius 3 is 2.45 bits per heavy atom. The number of carbonyl (C=O) groups excluding carboxylic acids is 2. The monoisotopic (exact) mass is 153 g/mol. The fraction of sp³-hybridized carbons (Fsp3) is 0.500. The molecule has 0 spiro atoms. The maximum atomic E-state index is 11.0. The van der Waals surface area contributed by atoms with Gasteiger partial charge >= 0.3 is 0 Å². The lowest BCUT2D eigenvalue weighted by Crippen LogP contribution is -2.13. The van der Waals surface area contributed by atoms with E-state index in [2.05, 4.69) is 5.32 Å². The predicted octanol–water partition coefficient (Wildman–Crippen LogP) is 0.615. The van der Waals surface area contributed by atoms with E-state index in [4.69, 9.17) is 0 Å². The zero-order chi connectivity index (χ0) is 8.43. The minimum Gasteiger partial charge on any atom is -0.323 e. The Morgan fingerprint density at radius 2 is 2.09 bits per heavy atom. The summed E-state index contributed by atoms with van der Waals surface area (Å²) in [7, 11) is 0. The maximum Gasteiger partial charge on any atom is 0.232 e. The van der Waals surface area contributed by atoms with Gasteiger partial charge in [0.1, 0.15) is 0 Å². The van der Waals surface area contributed by atoms with Crippen molar-refractivity contribution in [2.24, 2.45) is 5.92 Å². The van der Waals surface area contributed by atoms with Crippen molar-refractivity contribution in [1.29, 1.82) is 0 Å². The average molecular weight is 153 g/mol. The first-order valence-electron chi connectivity index (χ1n) is 3.64. The number of carbonyl (C=O) groups is 2.